The highest BCUT2D eigenvalue weighted by Crippen LogP contribution is 2.46. The molecule has 5 rings (SSSR count). The zero-order valence-electron chi connectivity index (χ0n) is 17.1. The average molecular weight is 417 g/mol. The van der Waals surface area contributed by atoms with Gasteiger partial charge in [0.2, 0.25) is 5.78 Å². The molecule has 1 amide bonds. The van der Waals surface area contributed by atoms with Crippen molar-refractivity contribution >= 4 is 17.4 Å². The molecule has 4 aromatic rings. The highest BCUT2D eigenvalue weighted by molar-refractivity contribution is 6.54. The van der Waals surface area contributed by atoms with Gasteiger partial charge < -0.3 is 0 Å². The molecule has 0 saturated heterocycles. The number of benzene rings is 3. The molecular formula is C27H19N3O2. The minimum atomic E-state index is -1.04. The van der Waals surface area contributed by atoms with Crippen molar-refractivity contribution in [3.05, 3.63) is 137 Å². The number of carbonyl (C=O) groups excluding carboxylic acids is 2. The van der Waals surface area contributed by atoms with Gasteiger partial charge in [-0.05, 0) is 28.8 Å². The van der Waals surface area contributed by atoms with Crippen molar-refractivity contribution in [2.75, 3.05) is 0 Å². The second-order valence-electron chi connectivity index (χ2n) is 7.49. The first-order chi connectivity index (χ1) is 15.7. The Morgan fingerprint density at radius 2 is 1.31 bits per heavy atom. The summed E-state index contributed by atoms with van der Waals surface area (Å²) in [5, 5.41) is 4.32. The molecule has 0 saturated carbocycles. The summed E-state index contributed by atoms with van der Waals surface area (Å²) in [6, 6.07) is 30.2. The minimum Gasteiger partial charge on any atom is -0.291 e. The topological polar surface area (TPSA) is 71.4 Å². The van der Waals surface area contributed by atoms with Crippen LogP contribution in [0.25, 0.3) is 0 Å². The van der Waals surface area contributed by atoms with E-state index in [2.05, 4.69) is 15.5 Å². The van der Waals surface area contributed by atoms with Crippen LogP contribution in [0, 0.1) is 0 Å². The molecule has 5 nitrogen and oxygen atoms in total. The van der Waals surface area contributed by atoms with Crippen LogP contribution < -0.4 is 5.43 Å². The molecule has 0 radical (unpaired) electrons. The zero-order chi connectivity index (χ0) is 22.0. The Bertz CT molecular complexity index is 1280. The summed E-state index contributed by atoms with van der Waals surface area (Å²) in [7, 11) is 0. The smallest absolute Gasteiger partial charge is 0.271 e. The highest BCUT2D eigenvalue weighted by atomic mass is 16.2. The van der Waals surface area contributed by atoms with E-state index in [1.165, 1.54) is 12.4 Å². The summed E-state index contributed by atoms with van der Waals surface area (Å²) in [5.74, 6) is -0.576. The molecular weight excluding hydrogens is 398 g/mol. The predicted octanol–water partition coefficient (Wildman–Crippen LogP) is 4.13. The Balaban J connectivity index is 1.68. The maximum Gasteiger partial charge on any atom is 0.271 e. The summed E-state index contributed by atoms with van der Waals surface area (Å²) >= 11 is 0. The molecule has 0 aliphatic heterocycles. The third kappa shape index (κ3) is 3.03. The van der Waals surface area contributed by atoms with Crippen molar-refractivity contribution in [3.8, 4) is 0 Å². The fraction of sp³-hybridized carbons (Fsp3) is 0.0370. The van der Waals surface area contributed by atoms with Crippen LogP contribution in [0.2, 0.25) is 0 Å². The zero-order valence-corrected chi connectivity index (χ0v) is 17.1. The van der Waals surface area contributed by atoms with E-state index in [-0.39, 0.29) is 11.5 Å². The van der Waals surface area contributed by atoms with Gasteiger partial charge in [0.1, 0.15) is 11.1 Å². The van der Waals surface area contributed by atoms with E-state index < -0.39 is 11.3 Å². The van der Waals surface area contributed by atoms with Gasteiger partial charge in [-0.25, -0.2) is 5.43 Å². The third-order valence-electron chi connectivity index (χ3n) is 5.77. The number of fused-ring (bicyclic) bond motifs is 1. The number of rotatable bonds is 4. The second-order valence-corrected chi connectivity index (χ2v) is 7.49. The highest BCUT2D eigenvalue weighted by Gasteiger charge is 2.52. The van der Waals surface area contributed by atoms with Gasteiger partial charge >= 0.3 is 0 Å². The first kappa shape index (κ1) is 19.6. The third-order valence-corrected chi connectivity index (χ3v) is 5.77. The average Bonchev–Trinajstić information content (AvgIpc) is 3.12. The Hall–Kier alpha value is -4.38. The van der Waals surface area contributed by atoms with E-state index in [9.17, 15) is 9.59 Å². The van der Waals surface area contributed by atoms with Gasteiger partial charge in [0.15, 0.2) is 0 Å². The van der Waals surface area contributed by atoms with Gasteiger partial charge in [-0.15, -0.1) is 0 Å². The molecule has 32 heavy (non-hydrogen) atoms. The van der Waals surface area contributed by atoms with Gasteiger partial charge in [-0.3, -0.25) is 14.6 Å². The Morgan fingerprint density at radius 1 is 0.750 bits per heavy atom. The van der Waals surface area contributed by atoms with E-state index >= 15 is 0 Å². The molecule has 0 atom stereocenters. The first-order valence-corrected chi connectivity index (χ1v) is 10.3. The molecule has 3 aromatic carbocycles. The monoisotopic (exact) mass is 417 g/mol. The lowest BCUT2D eigenvalue weighted by atomic mass is 9.69. The molecule has 154 valence electrons. The number of Topliss-reactive ketones (excluding diaryl/α,β-unsaturated/α-hetero) is 1. The lowest BCUT2D eigenvalue weighted by Gasteiger charge is -2.29. The number of hydrogen-bond acceptors (Lipinski definition) is 4. The molecule has 1 aliphatic rings. The van der Waals surface area contributed by atoms with Crippen LogP contribution in [-0.2, 0) is 10.2 Å². The molecule has 1 aromatic heterocycles. The number of hydrazone groups is 1. The fourth-order valence-corrected chi connectivity index (χ4v) is 4.34. The standard InChI is InChI=1S/C27H19N3O2/c31-25-24(29-30-26(32)19-15-17-28-18-16-19)22-13-7-8-14-23(22)27(25,20-9-3-1-4-10-20)21-11-5-2-6-12-21/h1-18H,(H,30,32)/b29-24+. The van der Waals surface area contributed by atoms with Crippen LogP contribution in [0.3, 0.4) is 0 Å². The Labute approximate surface area is 185 Å². The maximum atomic E-state index is 14.1. The summed E-state index contributed by atoms with van der Waals surface area (Å²) < 4.78 is 0. The van der Waals surface area contributed by atoms with Crippen molar-refractivity contribution in [1.29, 1.82) is 0 Å². The number of pyridine rings is 1. The van der Waals surface area contributed by atoms with E-state index in [0.717, 1.165) is 16.7 Å². The minimum absolute atomic E-state index is 0.175. The molecule has 1 N–H and O–H groups in total. The lowest BCUT2D eigenvalue weighted by molar-refractivity contribution is -0.115. The number of carbonyl (C=O) groups is 2. The van der Waals surface area contributed by atoms with E-state index in [1.807, 2.05) is 84.9 Å². The van der Waals surface area contributed by atoms with Crippen molar-refractivity contribution < 1.29 is 9.59 Å². The normalized spacial score (nSPS) is 15.4. The second kappa shape index (κ2) is 8.04. The molecule has 0 bridgehead atoms. The predicted molar refractivity (Wildman–Crippen MR) is 122 cm³/mol. The SMILES string of the molecule is O=C(N/N=C1/C(=O)C(c2ccccc2)(c2ccccc2)c2ccccc21)c1ccncc1. The lowest BCUT2D eigenvalue weighted by Crippen LogP contribution is -2.37. The van der Waals surface area contributed by atoms with Crippen molar-refractivity contribution in [1.82, 2.24) is 10.4 Å². The van der Waals surface area contributed by atoms with Gasteiger partial charge in [0, 0.05) is 23.5 Å². The van der Waals surface area contributed by atoms with Crippen molar-refractivity contribution in [2.45, 2.75) is 5.41 Å². The fourth-order valence-electron chi connectivity index (χ4n) is 4.34. The number of hydrogen-bond donors (Lipinski definition) is 1. The van der Waals surface area contributed by atoms with Crippen molar-refractivity contribution in [3.63, 3.8) is 0 Å². The number of ketones is 1. The molecule has 0 fully saturated rings. The summed E-state index contributed by atoms with van der Waals surface area (Å²) in [6.45, 7) is 0. The van der Waals surface area contributed by atoms with Crippen LogP contribution >= 0.6 is 0 Å². The van der Waals surface area contributed by atoms with Gasteiger partial charge in [-0.2, -0.15) is 5.10 Å². The van der Waals surface area contributed by atoms with Crippen molar-refractivity contribution in [2.24, 2.45) is 5.10 Å². The van der Waals surface area contributed by atoms with E-state index in [4.69, 9.17) is 0 Å². The molecule has 1 heterocycles. The summed E-state index contributed by atoms with van der Waals surface area (Å²) in [5.41, 5.74) is 5.43. The number of amides is 1. The number of nitrogens with zero attached hydrogens (tertiary/aromatic N) is 2. The first-order valence-electron chi connectivity index (χ1n) is 10.3. The molecule has 0 spiro atoms. The van der Waals surface area contributed by atoms with E-state index in [1.54, 1.807) is 12.1 Å². The Kier molecular flexibility index (Phi) is 4.92. The summed E-state index contributed by atoms with van der Waals surface area (Å²) in [6.07, 6.45) is 3.07. The van der Waals surface area contributed by atoms with Crippen LogP contribution in [0.5, 0.6) is 0 Å². The molecule has 5 heteroatoms. The van der Waals surface area contributed by atoms with Crippen LogP contribution in [0.15, 0.2) is 115 Å². The van der Waals surface area contributed by atoms with Gasteiger partial charge in [-0.1, -0.05) is 84.9 Å². The van der Waals surface area contributed by atoms with Gasteiger partial charge in [0.25, 0.3) is 5.91 Å². The largest absolute Gasteiger partial charge is 0.291 e. The van der Waals surface area contributed by atoms with Crippen LogP contribution in [-0.4, -0.2) is 22.4 Å². The van der Waals surface area contributed by atoms with Gasteiger partial charge in [0.05, 0.1) is 0 Å². The number of nitrogens with one attached hydrogen (secondary N) is 1. The summed E-state index contributed by atoms with van der Waals surface area (Å²) in [4.78, 5) is 30.6. The van der Waals surface area contributed by atoms with Crippen LogP contribution in [0.1, 0.15) is 32.6 Å². The van der Waals surface area contributed by atoms with Crippen LogP contribution in [0.4, 0.5) is 0 Å². The molecule has 0 unspecified atom stereocenters. The maximum absolute atomic E-state index is 14.1. The Morgan fingerprint density at radius 3 is 1.94 bits per heavy atom. The van der Waals surface area contributed by atoms with E-state index in [0.29, 0.717) is 11.1 Å². The quantitative estimate of drug-likeness (QED) is 0.508. The number of aromatic nitrogens is 1. The molecule has 1 aliphatic carbocycles.